The van der Waals surface area contributed by atoms with Crippen molar-refractivity contribution in [2.75, 3.05) is 0 Å². The number of hydrogen-bond donors (Lipinski definition) is 3. The monoisotopic (exact) mass is 602 g/mol. The highest BCUT2D eigenvalue weighted by atomic mass is 16.5. The van der Waals surface area contributed by atoms with Gasteiger partial charge in [0.05, 0.1) is 12.0 Å². The van der Waals surface area contributed by atoms with Crippen molar-refractivity contribution in [1.29, 1.82) is 0 Å². The number of ketones is 1. The van der Waals surface area contributed by atoms with Gasteiger partial charge >= 0.3 is 5.97 Å². The van der Waals surface area contributed by atoms with Gasteiger partial charge in [-0.05, 0) is 69.0 Å². The van der Waals surface area contributed by atoms with Crippen molar-refractivity contribution in [2.24, 2.45) is 5.41 Å². The first-order chi connectivity index (χ1) is 19.9. The molecule has 6 heteroatoms. The Labute approximate surface area is 263 Å². The Bertz CT molecular complexity index is 1520. The van der Waals surface area contributed by atoms with Gasteiger partial charge in [-0.1, -0.05) is 95.2 Å². The van der Waals surface area contributed by atoms with E-state index in [-0.39, 0.29) is 51.7 Å². The number of hydrogen-bond acceptors (Lipinski definition) is 6. The molecular weight excluding hydrogens is 552 g/mol. The maximum Gasteiger partial charge on any atom is 0.311 e. The van der Waals surface area contributed by atoms with E-state index in [1.54, 1.807) is 18.2 Å². The van der Waals surface area contributed by atoms with Crippen LogP contribution in [0.15, 0.2) is 48.5 Å². The molecule has 0 amide bonds. The SMILES string of the molecule is CC(C)(C)c1cc(C(CC(=O)Oc2ccc(C(=O)c3cc(C(C)(C)C)c(O)c(C(C)(C)C)c3)c(O)c2)C(C)(C)C)ccc1O. The average Bonchev–Trinajstić information content (AvgIpc) is 2.85. The Morgan fingerprint density at radius 1 is 0.659 bits per heavy atom. The topological polar surface area (TPSA) is 104 Å². The van der Waals surface area contributed by atoms with Crippen LogP contribution in [0.4, 0.5) is 0 Å². The normalized spacial score (nSPS) is 13.5. The van der Waals surface area contributed by atoms with Crippen molar-refractivity contribution in [3.63, 3.8) is 0 Å². The number of phenols is 3. The van der Waals surface area contributed by atoms with E-state index in [9.17, 15) is 24.9 Å². The Balaban J connectivity index is 1.90. The van der Waals surface area contributed by atoms with Crippen LogP contribution in [-0.2, 0) is 21.0 Å². The Kier molecular flexibility index (Phi) is 9.42. The lowest BCUT2D eigenvalue weighted by molar-refractivity contribution is -0.135. The molecule has 6 nitrogen and oxygen atoms in total. The van der Waals surface area contributed by atoms with Gasteiger partial charge in [0, 0.05) is 22.8 Å². The fraction of sp³-hybridized carbons (Fsp3) is 0.474. The summed E-state index contributed by atoms with van der Waals surface area (Å²) in [5, 5.41) is 32.4. The Morgan fingerprint density at radius 3 is 1.64 bits per heavy atom. The average molecular weight is 603 g/mol. The molecule has 0 aliphatic carbocycles. The van der Waals surface area contributed by atoms with Crippen molar-refractivity contribution in [3.8, 4) is 23.0 Å². The number of carbonyl (C=O) groups is 2. The summed E-state index contributed by atoms with van der Waals surface area (Å²) in [7, 11) is 0. The standard InChI is InChI=1S/C38H50O6/c1-35(2,3)26(22-13-16-30(39)27(17-22)36(4,5)6)21-32(41)44-24-14-15-25(31(40)20-24)33(42)23-18-28(37(7,8)9)34(43)29(19-23)38(10,11)12/h13-20,26,39-40,43H,21H2,1-12H3. The summed E-state index contributed by atoms with van der Waals surface area (Å²) in [5.74, 6) is -0.850. The number of rotatable bonds is 6. The van der Waals surface area contributed by atoms with Crippen LogP contribution in [0, 0.1) is 5.41 Å². The van der Waals surface area contributed by atoms with Gasteiger partial charge in [0.15, 0.2) is 5.78 Å². The van der Waals surface area contributed by atoms with Gasteiger partial charge in [-0.2, -0.15) is 0 Å². The van der Waals surface area contributed by atoms with Crippen LogP contribution in [0.2, 0.25) is 0 Å². The highest BCUT2D eigenvalue weighted by molar-refractivity contribution is 6.11. The van der Waals surface area contributed by atoms with Crippen molar-refractivity contribution in [2.45, 2.75) is 112 Å². The second-order valence-corrected chi connectivity index (χ2v) is 16.1. The van der Waals surface area contributed by atoms with Crippen molar-refractivity contribution < 1.29 is 29.6 Å². The van der Waals surface area contributed by atoms with Gasteiger partial charge in [-0.3, -0.25) is 9.59 Å². The summed E-state index contributed by atoms with van der Waals surface area (Å²) in [5.41, 5.74) is 2.06. The van der Waals surface area contributed by atoms with Gasteiger partial charge in [0.1, 0.15) is 23.0 Å². The van der Waals surface area contributed by atoms with Crippen LogP contribution in [0.25, 0.3) is 0 Å². The van der Waals surface area contributed by atoms with Crippen LogP contribution in [0.3, 0.4) is 0 Å². The minimum Gasteiger partial charge on any atom is -0.508 e. The zero-order valence-corrected chi connectivity index (χ0v) is 28.5. The Morgan fingerprint density at radius 2 is 1.18 bits per heavy atom. The van der Waals surface area contributed by atoms with Crippen LogP contribution < -0.4 is 4.74 Å². The zero-order valence-electron chi connectivity index (χ0n) is 28.5. The first-order valence-electron chi connectivity index (χ1n) is 15.2. The molecule has 0 aliphatic rings. The van der Waals surface area contributed by atoms with E-state index in [2.05, 4.69) is 20.8 Å². The van der Waals surface area contributed by atoms with E-state index in [4.69, 9.17) is 4.74 Å². The van der Waals surface area contributed by atoms with Crippen LogP contribution in [-0.4, -0.2) is 27.1 Å². The van der Waals surface area contributed by atoms with E-state index in [1.165, 1.54) is 18.2 Å². The molecule has 3 aromatic rings. The molecule has 0 bridgehead atoms. The number of phenolic OH excluding ortho intramolecular Hbond substituents is 3. The minimum atomic E-state index is -0.475. The molecule has 0 aliphatic heterocycles. The molecule has 0 saturated heterocycles. The number of carbonyl (C=O) groups excluding carboxylic acids is 2. The first-order valence-corrected chi connectivity index (χ1v) is 15.2. The summed E-state index contributed by atoms with van der Waals surface area (Å²) in [6.07, 6.45) is 0.0813. The third kappa shape index (κ3) is 7.82. The van der Waals surface area contributed by atoms with Gasteiger partial charge in [-0.15, -0.1) is 0 Å². The molecule has 0 spiro atoms. The molecule has 238 valence electrons. The summed E-state index contributed by atoms with van der Waals surface area (Å²) in [4.78, 5) is 26.8. The lowest BCUT2D eigenvalue weighted by atomic mass is 9.73. The molecule has 0 saturated carbocycles. The molecule has 44 heavy (non-hydrogen) atoms. The maximum atomic E-state index is 13.6. The second kappa shape index (κ2) is 11.9. The summed E-state index contributed by atoms with van der Waals surface area (Å²) < 4.78 is 5.65. The summed E-state index contributed by atoms with van der Waals surface area (Å²) in [6.45, 7) is 24.1. The molecule has 1 atom stereocenters. The summed E-state index contributed by atoms with van der Waals surface area (Å²) in [6, 6.07) is 13.1. The highest BCUT2D eigenvalue weighted by Gasteiger charge is 2.32. The molecule has 3 aromatic carbocycles. The molecule has 0 aromatic heterocycles. The van der Waals surface area contributed by atoms with E-state index >= 15 is 0 Å². The predicted molar refractivity (Wildman–Crippen MR) is 176 cm³/mol. The van der Waals surface area contributed by atoms with Crippen LogP contribution >= 0.6 is 0 Å². The fourth-order valence-corrected chi connectivity index (χ4v) is 5.47. The molecule has 3 rings (SSSR count). The number of benzene rings is 3. The van der Waals surface area contributed by atoms with E-state index in [1.807, 2.05) is 74.4 Å². The van der Waals surface area contributed by atoms with Gasteiger partial charge < -0.3 is 20.1 Å². The largest absolute Gasteiger partial charge is 0.508 e. The molecule has 0 heterocycles. The Hall–Kier alpha value is -3.80. The third-order valence-corrected chi connectivity index (χ3v) is 8.08. The van der Waals surface area contributed by atoms with E-state index < -0.39 is 22.6 Å². The quantitative estimate of drug-likeness (QED) is 0.148. The number of ether oxygens (including phenoxy) is 1. The van der Waals surface area contributed by atoms with Crippen molar-refractivity contribution in [1.82, 2.24) is 0 Å². The highest BCUT2D eigenvalue weighted by Crippen LogP contribution is 2.43. The second-order valence-electron chi connectivity index (χ2n) is 16.1. The smallest absolute Gasteiger partial charge is 0.311 e. The lowest BCUT2D eigenvalue weighted by Crippen LogP contribution is -2.24. The molecule has 0 fully saturated rings. The van der Waals surface area contributed by atoms with E-state index in [0.29, 0.717) is 16.7 Å². The van der Waals surface area contributed by atoms with Gasteiger partial charge in [0.25, 0.3) is 0 Å². The molecule has 0 radical (unpaired) electrons. The third-order valence-electron chi connectivity index (χ3n) is 8.08. The van der Waals surface area contributed by atoms with Crippen molar-refractivity contribution >= 4 is 11.8 Å². The number of aromatic hydroxyl groups is 3. The van der Waals surface area contributed by atoms with Crippen LogP contribution in [0.5, 0.6) is 23.0 Å². The van der Waals surface area contributed by atoms with E-state index in [0.717, 1.165) is 11.1 Å². The zero-order chi connectivity index (χ0) is 33.6. The molecule has 1 unspecified atom stereocenters. The fourth-order valence-electron chi connectivity index (χ4n) is 5.47. The minimum absolute atomic E-state index is 0.0709. The maximum absolute atomic E-state index is 13.6. The first kappa shape index (κ1) is 34.7. The predicted octanol–water partition coefficient (Wildman–Crippen LogP) is 9.05. The summed E-state index contributed by atoms with van der Waals surface area (Å²) >= 11 is 0. The van der Waals surface area contributed by atoms with Crippen LogP contribution in [0.1, 0.15) is 134 Å². The van der Waals surface area contributed by atoms with Gasteiger partial charge in [-0.25, -0.2) is 0 Å². The van der Waals surface area contributed by atoms with Crippen molar-refractivity contribution in [3.05, 3.63) is 81.9 Å². The number of esters is 1. The molecule has 3 N–H and O–H groups in total. The van der Waals surface area contributed by atoms with Gasteiger partial charge in [0.2, 0.25) is 0 Å². The lowest BCUT2D eigenvalue weighted by Gasteiger charge is -2.32. The molecular formula is C38H50O6.